The van der Waals surface area contributed by atoms with E-state index < -0.39 is 35.3 Å². The predicted molar refractivity (Wildman–Crippen MR) is 361 cm³/mol. The fourth-order valence-electron chi connectivity index (χ4n) is 7.37. The normalized spacial score (nSPS) is 14.1. The Kier molecular flexibility index (Phi) is 37.1. The van der Waals surface area contributed by atoms with Crippen molar-refractivity contribution in [2.45, 2.75) is 137 Å². The number of benzene rings is 4. The summed E-state index contributed by atoms with van der Waals surface area (Å²) in [6.07, 6.45) is 4.71. The number of carboxylic acid groups (broad SMARTS) is 1. The van der Waals surface area contributed by atoms with Crippen LogP contribution < -0.4 is 0 Å². The molecular formula is C60H75Br4Cl2I2N3O13. The maximum Gasteiger partial charge on any atom is 0.411 e. The second-order valence-corrected chi connectivity index (χ2v) is 26.9. The molecule has 0 aliphatic carbocycles. The highest BCUT2D eigenvalue weighted by Crippen LogP contribution is 2.26. The van der Waals surface area contributed by atoms with Crippen LogP contribution in [0.2, 0.25) is 0 Å². The lowest BCUT2D eigenvalue weighted by atomic mass is 10.1. The number of hydrogen-bond acceptors (Lipinski definition) is 12. The number of aryl methyl sites for hydroxylation is 3. The van der Waals surface area contributed by atoms with Gasteiger partial charge in [0.15, 0.2) is 24.0 Å². The largest absolute Gasteiger partial charge is 0.478 e. The molecule has 3 amide bonds. The van der Waals surface area contributed by atoms with Gasteiger partial charge in [0.05, 0.1) is 24.6 Å². The minimum absolute atomic E-state index is 0.0242. The van der Waals surface area contributed by atoms with Crippen LogP contribution in [0.1, 0.15) is 143 Å². The van der Waals surface area contributed by atoms with Crippen LogP contribution in [-0.4, -0.2) is 136 Å². The Labute approximate surface area is 565 Å². The number of likely N-dealkylation sites (tertiary alicyclic amines) is 2. The van der Waals surface area contributed by atoms with Gasteiger partial charge in [0, 0.05) is 56.3 Å². The number of hydroxylamine groups is 2. The molecule has 0 spiro atoms. The predicted octanol–water partition coefficient (Wildman–Crippen LogP) is 16.2. The number of carboxylic acids is 1. The van der Waals surface area contributed by atoms with E-state index in [1.165, 1.54) is 44.5 Å². The first kappa shape index (κ1) is 78.8. The highest BCUT2D eigenvalue weighted by molar-refractivity contribution is 14.1. The summed E-state index contributed by atoms with van der Waals surface area (Å²) in [6.45, 7) is 19.2. The molecule has 2 heterocycles. The monoisotopic (exact) mass is 1680 g/mol. The Hall–Kier alpha value is -3.24. The molecule has 2 aliphatic rings. The molecule has 0 aromatic heterocycles. The molecule has 1 unspecified atom stereocenters. The Balaban J connectivity index is 0.000000533. The Bertz CT molecular complexity index is 2870. The summed E-state index contributed by atoms with van der Waals surface area (Å²) < 4.78 is 21.8. The molecule has 16 nitrogen and oxygen atoms in total. The van der Waals surface area contributed by atoms with Crippen molar-refractivity contribution >= 4 is 179 Å². The Morgan fingerprint density at radius 3 is 1.39 bits per heavy atom. The molecule has 24 heteroatoms. The minimum atomic E-state index is -0.907. The molecule has 4 aromatic carbocycles. The summed E-state index contributed by atoms with van der Waals surface area (Å²) in [6, 6.07) is 21.5. The van der Waals surface area contributed by atoms with E-state index in [0.29, 0.717) is 47.1 Å². The number of halogens is 8. The van der Waals surface area contributed by atoms with Gasteiger partial charge in [-0.1, -0.05) is 80.7 Å². The van der Waals surface area contributed by atoms with Crippen molar-refractivity contribution in [1.29, 1.82) is 0 Å². The van der Waals surface area contributed by atoms with Gasteiger partial charge in [0.2, 0.25) is 0 Å². The lowest BCUT2D eigenvalue weighted by molar-refractivity contribution is -0.165. The van der Waals surface area contributed by atoms with Gasteiger partial charge in [0.1, 0.15) is 23.1 Å². The van der Waals surface area contributed by atoms with Gasteiger partial charge in [-0.15, -0.1) is 23.2 Å². The van der Waals surface area contributed by atoms with Gasteiger partial charge in [-0.05, 0) is 232 Å². The quantitative estimate of drug-likeness (QED) is 0.0331. The molecule has 84 heavy (non-hydrogen) atoms. The van der Waals surface area contributed by atoms with E-state index in [1.54, 1.807) is 51.1 Å². The average Bonchev–Trinajstić information content (AvgIpc) is 4.36. The van der Waals surface area contributed by atoms with Gasteiger partial charge in [0.25, 0.3) is 5.91 Å². The molecule has 2 aliphatic heterocycles. The molecule has 0 saturated carbocycles. The molecular weight excluding hydrogens is 1610 g/mol. The van der Waals surface area contributed by atoms with Crippen LogP contribution in [0.5, 0.6) is 0 Å². The van der Waals surface area contributed by atoms with Crippen molar-refractivity contribution in [3.63, 3.8) is 0 Å². The van der Waals surface area contributed by atoms with Crippen LogP contribution in [0.4, 0.5) is 9.59 Å². The molecule has 6 rings (SSSR count). The van der Waals surface area contributed by atoms with Crippen molar-refractivity contribution in [3.8, 4) is 0 Å². The van der Waals surface area contributed by atoms with Crippen LogP contribution in [0.15, 0.2) is 90.7 Å². The van der Waals surface area contributed by atoms with Crippen LogP contribution in [0.25, 0.3) is 0 Å². The molecule has 0 radical (unpaired) electrons. The van der Waals surface area contributed by atoms with Gasteiger partial charge in [-0.2, -0.15) is 0 Å². The Morgan fingerprint density at radius 2 is 1.02 bits per heavy atom. The fourth-order valence-corrected chi connectivity index (χ4v) is 10.7. The highest BCUT2D eigenvalue weighted by atomic mass is 127. The highest BCUT2D eigenvalue weighted by Gasteiger charge is 2.38. The Morgan fingerprint density at radius 1 is 0.619 bits per heavy atom. The summed E-state index contributed by atoms with van der Waals surface area (Å²) in [5.74, 6) is -1.96. The van der Waals surface area contributed by atoms with Crippen molar-refractivity contribution < 1.29 is 62.5 Å². The number of aromatic carboxylic acids is 1. The van der Waals surface area contributed by atoms with E-state index in [1.807, 2.05) is 52.0 Å². The van der Waals surface area contributed by atoms with Crippen LogP contribution in [0, 0.1) is 7.14 Å². The zero-order valence-electron chi connectivity index (χ0n) is 49.3. The molecule has 2 saturated heterocycles. The maximum absolute atomic E-state index is 12.4. The summed E-state index contributed by atoms with van der Waals surface area (Å²) in [5.41, 5.74) is 3.89. The topological polar surface area (TPSA) is 203 Å². The van der Waals surface area contributed by atoms with E-state index >= 15 is 0 Å². The summed E-state index contributed by atoms with van der Waals surface area (Å²) in [4.78, 5) is 99.6. The number of esters is 1. The third-order valence-electron chi connectivity index (χ3n) is 11.8. The number of carbonyl (C=O) groups is 8. The molecule has 2 fully saturated rings. The minimum Gasteiger partial charge on any atom is -0.478 e. The number of ether oxygens (including phenoxy) is 3. The van der Waals surface area contributed by atoms with Crippen LogP contribution in [0.3, 0.4) is 0 Å². The molecule has 4 aromatic rings. The van der Waals surface area contributed by atoms with Gasteiger partial charge in [-0.25, -0.2) is 24.2 Å². The summed E-state index contributed by atoms with van der Waals surface area (Å²) in [5, 5.41) is 9.73. The lowest BCUT2D eigenvalue weighted by Gasteiger charge is -2.27. The number of alkyl halides is 2. The molecule has 1 N–H and O–H groups in total. The number of Topliss-reactive ketones (excluding diaryl/α,β-unsaturated/α-hetero) is 3. The zero-order chi connectivity index (χ0) is 64.2. The third kappa shape index (κ3) is 29.2. The van der Waals surface area contributed by atoms with Crippen LogP contribution in [-0.2, 0) is 52.7 Å². The van der Waals surface area contributed by atoms with Gasteiger partial charge >= 0.3 is 24.1 Å². The maximum atomic E-state index is 12.4. The van der Waals surface area contributed by atoms with Crippen molar-refractivity contribution in [2.75, 3.05) is 45.6 Å². The first-order valence-corrected chi connectivity index (χ1v) is 32.9. The summed E-state index contributed by atoms with van der Waals surface area (Å²) >= 11 is 28.5. The molecule has 464 valence electrons. The van der Waals surface area contributed by atoms with Crippen LogP contribution >= 0.6 is 132 Å². The standard InChI is InChI=1S/C20H26BrNO5.C11H19NO3.C10H10BrClO.C8H8BrI.C7H4BrIO2.C4H8ClNO2/c1-5-13-11-14(8-9-15(13)21)17(23)12-26-18(24)16-7-6-10-22(16)19(25)27-20(2,3)4;1-8(13)9-6-5-7-12(9)10(14)15-11(2,3)4;1-2-7-5-8(10(13)6-12)3-4-9(7)11;1-2-6-5-7(10)3-4-8(6)9;8-6-2-1-4(9)3-5(6)7(10)11;1-6(8-2)4(7)3-5/h8-9,11,16H,5-7,10,12H2,1-4H3;9H,5-7H2,1-4H3;3-5H,2,6H2,1H3;3-5H,2H2,1H3;1-3H,(H,10,11);3H2,1-2H3/t;9-;;;;/m.0..../s1. The van der Waals surface area contributed by atoms with E-state index in [0.717, 1.165) is 60.8 Å². The lowest BCUT2D eigenvalue weighted by Crippen LogP contribution is -2.44. The second kappa shape index (κ2) is 39.6. The molecule has 0 bridgehead atoms. The fraction of sp³-hybridized carbons (Fsp3) is 0.467. The SMILES string of the molecule is CC(=O)[C@@H]1CCCN1C(=O)OC(C)(C)C.CCc1cc(C(=O)CCl)ccc1Br.CCc1cc(C(=O)COC(=O)C2CCCN2C(=O)OC(C)(C)C)ccc1Br.CCc1cc(I)ccc1Br.CON(C)C(=O)CCl.O=C(O)c1cc(I)ccc1Br. The zero-order valence-corrected chi connectivity index (χ0v) is 61.5. The number of rotatable bonds is 13. The second-order valence-electron chi connectivity index (χ2n) is 20.4. The van der Waals surface area contributed by atoms with Crippen molar-refractivity contribution in [1.82, 2.24) is 14.9 Å². The number of hydrogen-bond donors (Lipinski definition) is 1. The van der Waals surface area contributed by atoms with Crippen molar-refractivity contribution in [2.24, 2.45) is 0 Å². The van der Waals surface area contributed by atoms with E-state index in [9.17, 15) is 38.4 Å². The third-order valence-corrected chi connectivity index (χ3v) is 16.6. The van der Waals surface area contributed by atoms with E-state index in [-0.39, 0.29) is 53.8 Å². The number of carbonyl (C=O) groups excluding carboxylic acids is 7. The average molecular weight is 1690 g/mol. The first-order valence-electron chi connectivity index (χ1n) is 26.5. The van der Waals surface area contributed by atoms with Crippen molar-refractivity contribution in [3.05, 3.63) is 131 Å². The smallest absolute Gasteiger partial charge is 0.411 e. The van der Waals surface area contributed by atoms with E-state index in [4.69, 9.17) is 42.5 Å². The first-order chi connectivity index (χ1) is 39.2. The van der Waals surface area contributed by atoms with Gasteiger partial charge in [-0.3, -0.25) is 33.8 Å². The van der Waals surface area contributed by atoms with E-state index in [2.05, 4.69) is 146 Å². The number of ketones is 3. The summed E-state index contributed by atoms with van der Waals surface area (Å²) in [7, 11) is 2.91. The van der Waals surface area contributed by atoms with Gasteiger partial charge < -0.3 is 19.3 Å². The number of nitrogens with zero attached hydrogens (tertiary/aromatic N) is 3. The number of amides is 3. The molecule has 2 atom stereocenters.